The van der Waals surface area contributed by atoms with E-state index in [9.17, 15) is 0 Å². The Hall–Kier alpha value is -8.96. The highest BCUT2D eigenvalue weighted by molar-refractivity contribution is 7.27. The largest absolute Gasteiger partial charge is 0.457 e. The molecule has 12 aromatic rings. The highest BCUT2D eigenvalue weighted by Crippen LogP contribution is 2.54. The van der Waals surface area contributed by atoms with Crippen LogP contribution in [0.15, 0.2) is 182 Å². The predicted octanol–water partition coefficient (Wildman–Crippen LogP) is 25.9. The molecule has 0 saturated heterocycles. The Morgan fingerprint density at radius 3 is 1.56 bits per heavy atom. The fourth-order valence-electron chi connectivity index (χ4n) is 13.8. The van der Waals surface area contributed by atoms with E-state index in [0.29, 0.717) is 29.7 Å². The lowest BCUT2D eigenvalue weighted by atomic mass is 9.77. The monoisotopic (exact) mass is 1250 g/mol. The summed E-state index contributed by atoms with van der Waals surface area (Å²) >= 11 is 1.68. The molecule has 0 radical (unpaired) electrons. The summed E-state index contributed by atoms with van der Waals surface area (Å²) in [4.78, 5) is 14.0. The van der Waals surface area contributed by atoms with E-state index >= 15 is 0 Å². The van der Waals surface area contributed by atoms with Gasteiger partial charge in [-0.2, -0.15) is 0 Å². The van der Waals surface area contributed by atoms with Crippen LogP contribution in [0.2, 0.25) is 0 Å². The van der Waals surface area contributed by atoms with Crippen molar-refractivity contribution in [1.82, 2.24) is 9.55 Å². The van der Waals surface area contributed by atoms with Crippen LogP contribution >= 0.6 is 11.3 Å². The second kappa shape index (κ2) is 23.2. The molecule has 0 bridgehead atoms. The number of aromatic nitrogens is 2. The summed E-state index contributed by atoms with van der Waals surface area (Å²) in [5.41, 5.74) is 22.4. The van der Waals surface area contributed by atoms with Crippen molar-refractivity contribution < 1.29 is 6.11 Å². The zero-order valence-corrected chi connectivity index (χ0v) is 59.5. The zero-order valence-electron chi connectivity index (χ0n) is 59.7. The van der Waals surface area contributed by atoms with Crippen molar-refractivity contribution in [1.29, 1.82) is 0 Å². The minimum Gasteiger partial charge on any atom is -0.457 e. The number of ether oxygens (including phenoxy) is 1. The van der Waals surface area contributed by atoms with Crippen molar-refractivity contribution in [3.63, 3.8) is 0 Å². The van der Waals surface area contributed by atoms with Crippen LogP contribution in [0.4, 0.5) is 28.4 Å². The summed E-state index contributed by atoms with van der Waals surface area (Å²) in [5.74, 6) is 2.56. The lowest BCUT2D eigenvalue weighted by Gasteiger charge is -2.31. The lowest BCUT2D eigenvalue weighted by molar-refractivity contribution is 0.483. The Bertz CT molecular complexity index is 4910. The van der Waals surface area contributed by atoms with Gasteiger partial charge in [0.15, 0.2) is 0 Å². The van der Waals surface area contributed by atoms with E-state index in [2.05, 4.69) is 308 Å². The van der Waals surface area contributed by atoms with Gasteiger partial charge in [0.2, 0.25) is 5.69 Å². The average molecular weight is 1260 g/mol. The van der Waals surface area contributed by atoms with Crippen molar-refractivity contribution in [2.45, 2.75) is 170 Å². The number of benzene rings is 9. The molecule has 0 atom stereocenters. The first-order valence-electron chi connectivity index (χ1n) is 34.1. The Morgan fingerprint density at radius 1 is 0.479 bits per heavy atom. The van der Waals surface area contributed by atoms with Crippen molar-refractivity contribution in [3.05, 3.63) is 232 Å². The van der Waals surface area contributed by atoms with Crippen molar-refractivity contribution in [2.24, 2.45) is 0 Å². The van der Waals surface area contributed by atoms with Crippen molar-refractivity contribution in [3.8, 4) is 50.7 Å². The maximum absolute atomic E-state index is 9.12. The molecule has 1 aliphatic rings. The standard InChI is InChI=1S/C87H91N5OS/c1-52(2)65-26-23-27-66(53(3)4)78(65)56-44-62(49-64(45-56)93-63-34-35-71-76(50-63)92(77-48-57(38-39-89-77)83(5,6)7)75-37-36-70-69-30-25-31-72(88-20)81(69)94-82(70)79(71)75)90-51-91(74-33-22-21-32-73(74)90)80-67(54-40-58(84(8,9)10)46-59(41-54)85(11,12)13)28-24-29-68(80)55-42-60(86(14,15)16)47-61(43-55)87(17,18)19/h21-50,52-53H,51H2,1-19H3/i39D. The van der Waals surface area contributed by atoms with Gasteiger partial charge in [0, 0.05) is 55.3 Å². The van der Waals surface area contributed by atoms with Gasteiger partial charge in [-0.1, -0.05) is 241 Å². The molecule has 0 N–H and O–H groups in total. The van der Waals surface area contributed by atoms with Crippen LogP contribution < -0.4 is 14.5 Å². The third-order valence-corrected chi connectivity index (χ3v) is 20.6. The molecule has 0 spiro atoms. The lowest BCUT2D eigenvalue weighted by Crippen LogP contribution is -2.25. The first-order valence-corrected chi connectivity index (χ1v) is 34.4. The number of hydrogen-bond donors (Lipinski definition) is 0. The average Bonchev–Trinajstić information content (AvgIpc) is 1.54. The van der Waals surface area contributed by atoms with Crippen LogP contribution in [0, 0.1) is 6.57 Å². The molecule has 476 valence electrons. The molecular formula is C87H91N5OS. The number of hydrogen-bond acceptors (Lipinski definition) is 5. The topological polar surface area (TPSA) is 37.9 Å². The van der Waals surface area contributed by atoms with E-state index in [1.54, 1.807) is 11.3 Å². The molecule has 7 heteroatoms. The molecule has 4 heterocycles. The van der Waals surface area contributed by atoms with Crippen molar-refractivity contribution in [2.75, 3.05) is 16.5 Å². The third kappa shape index (κ3) is 11.5. The summed E-state index contributed by atoms with van der Waals surface area (Å²) in [7, 11) is 0. The van der Waals surface area contributed by atoms with Crippen LogP contribution in [-0.2, 0) is 27.1 Å². The highest BCUT2D eigenvalue weighted by Gasteiger charge is 2.34. The Balaban J connectivity index is 1.04. The summed E-state index contributed by atoms with van der Waals surface area (Å²) in [6.45, 7) is 52.4. The molecule has 0 fully saturated rings. The quantitative estimate of drug-likeness (QED) is 0.128. The van der Waals surface area contributed by atoms with Crippen LogP contribution in [-0.4, -0.2) is 16.2 Å². The molecule has 0 saturated carbocycles. The summed E-state index contributed by atoms with van der Waals surface area (Å²) < 4.78 is 20.9. The molecule has 9 aromatic carbocycles. The fraction of sp³-hybridized carbons (Fsp3) is 0.310. The van der Waals surface area contributed by atoms with E-state index < -0.39 is 0 Å². The second-order valence-electron chi connectivity index (χ2n) is 32.0. The molecular weight excluding hydrogens is 1160 g/mol. The van der Waals surface area contributed by atoms with E-state index in [-0.39, 0.29) is 45.1 Å². The van der Waals surface area contributed by atoms with Crippen LogP contribution in [0.25, 0.3) is 86.0 Å². The first kappa shape index (κ1) is 62.5. The van der Waals surface area contributed by atoms with E-state index in [4.69, 9.17) is 17.7 Å². The predicted molar refractivity (Wildman–Crippen MR) is 404 cm³/mol. The number of anilines is 4. The molecule has 0 aliphatic carbocycles. The smallest absolute Gasteiger partial charge is 0.204 e. The molecule has 1 aliphatic heterocycles. The van der Waals surface area contributed by atoms with Gasteiger partial charge in [0.05, 0.1) is 36.0 Å². The summed E-state index contributed by atoms with van der Waals surface area (Å²) in [5, 5.41) is 4.31. The Morgan fingerprint density at radius 2 is 1.01 bits per heavy atom. The molecule has 6 nitrogen and oxygen atoms in total. The fourth-order valence-corrected chi connectivity index (χ4v) is 15.2. The van der Waals surface area contributed by atoms with Crippen molar-refractivity contribution >= 4 is 81.8 Å². The second-order valence-corrected chi connectivity index (χ2v) is 33.1. The molecule has 13 rings (SSSR count). The number of rotatable bonds is 10. The Labute approximate surface area is 564 Å². The van der Waals surface area contributed by atoms with Crippen LogP contribution in [0.3, 0.4) is 0 Å². The maximum Gasteiger partial charge on any atom is 0.204 e. The number of nitrogens with zero attached hydrogens (tertiary/aromatic N) is 5. The van der Waals surface area contributed by atoms with Gasteiger partial charge in [-0.3, -0.25) is 4.57 Å². The summed E-state index contributed by atoms with van der Waals surface area (Å²) in [6, 6.07) is 65.3. The van der Waals surface area contributed by atoms with Gasteiger partial charge in [0.25, 0.3) is 0 Å². The van der Waals surface area contributed by atoms with Gasteiger partial charge in [0.1, 0.15) is 24.0 Å². The number of para-hydroxylation sites is 3. The molecule has 0 unspecified atom stereocenters. The first-order chi connectivity index (χ1) is 44.7. The highest BCUT2D eigenvalue weighted by atomic mass is 32.1. The van der Waals surface area contributed by atoms with Crippen LogP contribution in [0.5, 0.6) is 11.5 Å². The summed E-state index contributed by atoms with van der Waals surface area (Å²) in [6.07, 6.45) is 0.210. The minimum absolute atomic E-state index is 0.0925. The van der Waals surface area contributed by atoms with Crippen LogP contribution in [0.1, 0.15) is 184 Å². The molecule has 94 heavy (non-hydrogen) atoms. The van der Waals surface area contributed by atoms with E-state index in [0.717, 1.165) is 70.2 Å². The zero-order chi connectivity index (χ0) is 67.7. The number of thiophene rings is 1. The normalized spacial score (nSPS) is 13.5. The maximum atomic E-state index is 9.12. The van der Waals surface area contributed by atoms with Gasteiger partial charge in [-0.05, 0) is 165 Å². The van der Waals surface area contributed by atoms with E-state index in [1.165, 1.54) is 66.9 Å². The number of fused-ring (bicyclic) bond motifs is 8. The van der Waals surface area contributed by atoms with Gasteiger partial charge < -0.3 is 14.5 Å². The molecule has 0 amide bonds. The Kier molecular flexibility index (Phi) is 15.4. The van der Waals surface area contributed by atoms with E-state index in [1.807, 2.05) is 18.2 Å². The number of pyridine rings is 1. The molecule has 3 aromatic heterocycles. The third-order valence-electron chi connectivity index (χ3n) is 19.3. The van der Waals surface area contributed by atoms with Gasteiger partial charge in [-0.25, -0.2) is 9.83 Å². The minimum atomic E-state index is -0.233. The van der Waals surface area contributed by atoms with Gasteiger partial charge in [-0.15, -0.1) is 11.3 Å². The SMILES string of the molecule is [2H]c1cc(C(C)(C)C)cc(-n2c3cc(Oc4cc(-c5c(C(C)C)cccc5C(C)C)cc(N5CN(c6c(-c7cc(C(C)(C)C)cc(C(C)(C)C)c7)cccc6-c6cc(C(C)(C)C)cc(C(C)(C)C)c6)c6ccccc65)c4)ccc3c3c4sc5c([N+]#[C-])cccc5c4ccc32)n1. The van der Waals surface area contributed by atoms with Gasteiger partial charge >= 0.3 is 0 Å².